The van der Waals surface area contributed by atoms with Gasteiger partial charge in [0.15, 0.2) is 0 Å². The Labute approximate surface area is 86.8 Å². The van der Waals surface area contributed by atoms with Gasteiger partial charge in [0.05, 0.1) is 12.2 Å². The summed E-state index contributed by atoms with van der Waals surface area (Å²) in [5.74, 6) is 0. The van der Waals surface area contributed by atoms with Crippen LogP contribution in [0.4, 0.5) is 0 Å². The average molecular weight is 201 g/mol. The number of nitrogens with one attached hydrogen (secondary N) is 1. The molecule has 3 nitrogen and oxygen atoms in total. The minimum absolute atomic E-state index is 0.202. The Kier molecular flexibility index (Phi) is 5.45. The van der Waals surface area contributed by atoms with Crippen molar-refractivity contribution in [3.63, 3.8) is 0 Å². The first-order valence-electron chi connectivity index (χ1n) is 5.68. The van der Waals surface area contributed by atoms with Crippen LogP contribution in [0.5, 0.6) is 0 Å². The van der Waals surface area contributed by atoms with Crippen LogP contribution >= 0.6 is 0 Å². The molecule has 1 saturated carbocycles. The molecule has 0 aromatic rings. The first-order chi connectivity index (χ1) is 6.74. The molecule has 0 heterocycles. The van der Waals surface area contributed by atoms with E-state index in [1.165, 1.54) is 25.7 Å². The summed E-state index contributed by atoms with van der Waals surface area (Å²) in [5, 5.41) is 12.6. The van der Waals surface area contributed by atoms with Gasteiger partial charge in [-0.15, -0.1) is 0 Å². The molecule has 0 aromatic heterocycles. The third-order valence-electron chi connectivity index (χ3n) is 2.97. The van der Waals surface area contributed by atoms with Gasteiger partial charge in [-0.25, -0.2) is 0 Å². The predicted octanol–water partition coefficient (Wildman–Crippen LogP) is 1.30. The highest BCUT2D eigenvalue weighted by atomic mass is 16.5. The van der Waals surface area contributed by atoms with Crippen molar-refractivity contribution < 1.29 is 9.84 Å². The molecule has 1 aliphatic rings. The van der Waals surface area contributed by atoms with Crippen LogP contribution in [0.1, 0.15) is 39.0 Å². The summed E-state index contributed by atoms with van der Waals surface area (Å²) in [4.78, 5) is 0. The second-order valence-electron chi connectivity index (χ2n) is 4.26. The lowest BCUT2D eigenvalue weighted by Crippen LogP contribution is -2.43. The Balaban J connectivity index is 2.19. The highest BCUT2D eigenvalue weighted by Gasteiger charge is 2.23. The summed E-state index contributed by atoms with van der Waals surface area (Å²) in [6.07, 6.45) is 5.96. The molecule has 3 atom stereocenters. The van der Waals surface area contributed by atoms with Crippen molar-refractivity contribution in [1.82, 2.24) is 5.32 Å². The number of aliphatic hydroxyl groups is 1. The van der Waals surface area contributed by atoms with Crippen molar-refractivity contribution in [2.75, 3.05) is 13.7 Å². The second kappa shape index (κ2) is 6.38. The smallest absolute Gasteiger partial charge is 0.0724 e. The normalized spacial score (nSPS) is 30.2. The van der Waals surface area contributed by atoms with Gasteiger partial charge in [-0.05, 0) is 32.7 Å². The Morgan fingerprint density at radius 1 is 1.43 bits per heavy atom. The molecule has 14 heavy (non-hydrogen) atoms. The lowest BCUT2D eigenvalue weighted by molar-refractivity contribution is 0.0406. The van der Waals surface area contributed by atoms with Crippen molar-refractivity contribution in [1.29, 1.82) is 0 Å². The zero-order valence-corrected chi connectivity index (χ0v) is 9.33. The maximum absolute atomic E-state index is 9.13. The Morgan fingerprint density at radius 3 is 2.79 bits per heavy atom. The fraction of sp³-hybridized carbons (Fsp3) is 1.00. The van der Waals surface area contributed by atoms with E-state index in [2.05, 4.69) is 5.32 Å². The minimum atomic E-state index is -0.202. The van der Waals surface area contributed by atoms with E-state index in [-0.39, 0.29) is 6.10 Å². The summed E-state index contributed by atoms with van der Waals surface area (Å²) in [7, 11) is 1.79. The molecular weight excluding hydrogens is 178 g/mol. The third-order valence-corrected chi connectivity index (χ3v) is 2.97. The molecule has 1 aliphatic carbocycles. The lowest BCUT2D eigenvalue weighted by atomic mass is 9.92. The molecule has 0 bridgehead atoms. The molecule has 2 N–H and O–H groups in total. The van der Waals surface area contributed by atoms with Crippen LogP contribution in [0.3, 0.4) is 0 Å². The molecular formula is C11H23NO2. The molecule has 0 spiro atoms. The maximum Gasteiger partial charge on any atom is 0.0724 e. The Bertz CT molecular complexity index is 150. The predicted molar refractivity (Wildman–Crippen MR) is 57.4 cm³/mol. The van der Waals surface area contributed by atoms with Gasteiger partial charge in [0.2, 0.25) is 0 Å². The summed E-state index contributed by atoms with van der Waals surface area (Å²) in [6.45, 7) is 2.72. The van der Waals surface area contributed by atoms with Gasteiger partial charge in [0.25, 0.3) is 0 Å². The van der Waals surface area contributed by atoms with Gasteiger partial charge in [-0.2, -0.15) is 0 Å². The molecule has 1 rings (SSSR count). The van der Waals surface area contributed by atoms with E-state index in [0.717, 1.165) is 13.0 Å². The fourth-order valence-corrected chi connectivity index (χ4v) is 2.09. The van der Waals surface area contributed by atoms with Gasteiger partial charge in [0, 0.05) is 13.2 Å². The van der Waals surface area contributed by atoms with E-state index in [4.69, 9.17) is 9.84 Å². The van der Waals surface area contributed by atoms with Crippen LogP contribution in [0, 0.1) is 0 Å². The number of rotatable bonds is 5. The number of aliphatic hydroxyl groups excluding tert-OH is 1. The van der Waals surface area contributed by atoms with Crippen LogP contribution in [0.2, 0.25) is 0 Å². The van der Waals surface area contributed by atoms with E-state index < -0.39 is 0 Å². The average Bonchev–Trinajstić information content (AvgIpc) is 2.18. The summed E-state index contributed by atoms with van der Waals surface area (Å²) in [5.41, 5.74) is 0. The fourth-order valence-electron chi connectivity index (χ4n) is 2.09. The van der Waals surface area contributed by atoms with Gasteiger partial charge >= 0.3 is 0 Å². The summed E-state index contributed by atoms with van der Waals surface area (Å²) >= 11 is 0. The number of methoxy groups -OCH3 is 1. The van der Waals surface area contributed by atoms with Gasteiger partial charge in [-0.3, -0.25) is 0 Å². The summed E-state index contributed by atoms with van der Waals surface area (Å²) in [6, 6.07) is 0.493. The van der Waals surface area contributed by atoms with Crippen LogP contribution in [-0.2, 0) is 4.74 Å². The maximum atomic E-state index is 9.13. The summed E-state index contributed by atoms with van der Waals surface area (Å²) < 4.78 is 5.44. The van der Waals surface area contributed by atoms with Crippen LogP contribution < -0.4 is 5.32 Å². The zero-order chi connectivity index (χ0) is 10.4. The molecule has 0 aromatic carbocycles. The molecule has 3 heteroatoms. The quantitative estimate of drug-likeness (QED) is 0.704. The van der Waals surface area contributed by atoms with Crippen molar-refractivity contribution >= 4 is 0 Å². The van der Waals surface area contributed by atoms with Crippen molar-refractivity contribution in [3.05, 3.63) is 0 Å². The van der Waals surface area contributed by atoms with Crippen molar-refractivity contribution in [3.8, 4) is 0 Å². The van der Waals surface area contributed by atoms with E-state index >= 15 is 0 Å². The first kappa shape index (κ1) is 12.0. The topological polar surface area (TPSA) is 41.5 Å². The SMILES string of the molecule is COC1CCCCC1NCCC(C)O. The van der Waals surface area contributed by atoms with Crippen LogP contribution in [0.15, 0.2) is 0 Å². The monoisotopic (exact) mass is 201 g/mol. The molecule has 84 valence electrons. The second-order valence-corrected chi connectivity index (χ2v) is 4.26. The number of hydrogen-bond acceptors (Lipinski definition) is 3. The van der Waals surface area contributed by atoms with E-state index in [1.54, 1.807) is 7.11 Å². The molecule has 0 aliphatic heterocycles. The molecule has 0 saturated heterocycles. The Morgan fingerprint density at radius 2 is 2.14 bits per heavy atom. The molecule has 0 amide bonds. The van der Waals surface area contributed by atoms with E-state index in [9.17, 15) is 0 Å². The van der Waals surface area contributed by atoms with Crippen LogP contribution in [0.25, 0.3) is 0 Å². The number of ether oxygens (including phenoxy) is 1. The number of hydrogen-bond donors (Lipinski definition) is 2. The lowest BCUT2D eigenvalue weighted by Gasteiger charge is -2.31. The Hall–Kier alpha value is -0.120. The highest BCUT2D eigenvalue weighted by Crippen LogP contribution is 2.20. The minimum Gasteiger partial charge on any atom is -0.393 e. The van der Waals surface area contributed by atoms with Crippen molar-refractivity contribution in [2.45, 2.75) is 57.3 Å². The zero-order valence-electron chi connectivity index (χ0n) is 9.33. The molecule has 3 unspecified atom stereocenters. The van der Waals surface area contributed by atoms with Gasteiger partial charge < -0.3 is 15.2 Å². The standard InChI is InChI=1S/C11H23NO2/c1-9(13)7-8-12-10-5-3-4-6-11(10)14-2/h9-13H,3-8H2,1-2H3. The van der Waals surface area contributed by atoms with Gasteiger partial charge in [0.1, 0.15) is 0 Å². The third kappa shape index (κ3) is 3.95. The van der Waals surface area contributed by atoms with E-state index in [0.29, 0.717) is 12.1 Å². The largest absolute Gasteiger partial charge is 0.393 e. The van der Waals surface area contributed by atoms with Crippen molar-refractivity contribution in [2.24, 2.45) is 0 Å². The highest BCUT2D eigenvalue weighted by molar-refractivity contribution is 4.81. The molecule has 1 fully saturated rings. The van der Waals surface area contributed by atoms with E-state index in [1.807, 2.05) is 6.92 Å². The van der Waals surface area contributed by atoms with Gasteiger partial charge in [-0.1, -0.05) is 12.8 Å². The van der Waals surface area contributed by atoms with Crippen LogP contribution in [-0.4, -0.2) is 37.0 Å². The molecule has 0 radical (unpaired) electrons. The first-order valence-corrected chi connectivity index (χ1v) is 5.68.